The van der Waals surface area contributed by atoms with Crippen LogP contribution in [-0.4, -0.2) is 107 Å². The third kappa shape index (κ3) is 9.97. The Labute approximate surface area is 314 Å². The summed E-state index contributed by atoms with van der Waals surface area (Å²) >= 11 is 0. The highest BCUT2D eigenvalue weighted by Crippen LogP contribution is 2.58. The van der Waals surface area contributed by atoms with Gasteiger partial charge in [-0.05, 0) is 62.2 Å². The number of ether oxygens (including phenoxy) is 1. The maximum Gasteiger partial charge on any atom is 0.289 e. The molecule has 0 radical (unpaired) electrons. The molecule has 14 nitrogen and oxygen atoms in total. The molecule has 6 bridgehead atoms. The highest BCUT2D eigenvalue weighted by Gasteiger charge is 2.66. The molecule has 52 heavy (non-hydrogen) atoms. The molecular weight excluding hydrogens is 780 g/mol. The third-order valence-electron chi connectivity index (χ3n) is 10.9. The molecule has 19 heteroatoms. The van der Waals surface area contributed by atoms with E-state index in [-0.39, 0.29) is 53.0 Å². The SMILES string of the molecule is C.C1=C[CH+]C=C1.C=CS(=O)(=O)OC.COS(=O)(=O)C1CC2C=CC1C2.COS(=O)(=O)C1CC2CC1C1OC21.O=S1(=O)OC2C(O)C3CC2C1C3.[2H]CP. The van der Waals surface area contributed by atoms with Crippen LogP contribution < -0.4 is 0 Å². The van der Waals surface area contributed by atoms with Crippen molar-refractivity contribution in [2.75, 3.05) is 28.0 Å². The first kappa shape index (κ1) is 43.5. The first-order valence-corrected chi connectivity index (χ1v) is 23.2. The van der Waals surface area contributed by atoms with E-state index in [1.165, 1.54) is 14.2 Å². The second-order valence-electron chi connectivity index (χ2n) is 13.4. The highest BCUT2D eigenvalue weighted by atomic mass is 32.2. The smallest absolute Gasteiger partial charge is 0.289 e. The summed E-state index contributed by atoms with van der Waals surface area (Å²) in [6.07, 6.45) is 18.7. The second kappa shape index (κ2) is 18.2. The van der Waals surface area contributed by atoms with Crippen LogP contribution in [-0.2, 0) is 61.9 Å². The summed E-state index contributed by atoms with van der Waals surface area (Å²) in [6.45, 7) is 3.41. The maximum atomic E-state index is 11.5. The molecular formula is C33H54O14PS4+. The number of epoxide rings is 1. The van der Waals surface area contributed by atoms with Gasteiger partial charge in [0.1, 0.15) is 6.10 Å². The van der Waals surface area contributed by atoms with Gasteiger partial charge < -0.3 is 9.84 Å². The Kier molecular flexibility index (Phi) is 15.2. The lowest BCUT2D eigenvalue weighted by molar-refractivity contribution is 0.0253. The fourth-order valence-corrected chi connectivity index (χ4v) is 13.3. The van der Waals surface area contributed by atoms with Gasteiger partial charge in [-0.1, -0.05) is 32.8 Å². The van der Waals surface area contributed by atoms with Crippen LogP contribution in [0.1, 0.15) is 47.3 Å². The maximum absolute atomic E-state index is 11.5. The monoisotopic (exact) mass is 834 g/mol. The molecule has 0 aromatic carbocycles. The van der Waals surface area contributed by atoms with E-state index < -0.39 is 52.7 Å². The van der Waals surface area contributed by atoms with Crippen LogP contribution >= 0.6 is 9.24 Å². The van der Waals surface area contributed by atoms with Crippen LogP contribution in [0.2, 0.25) is 0 Å². The van der Waals surface area contributed by atoms with Gasteiger partial charge in [-0.2, -0.15) is 33.7 Å². The Morgan fingerprint density at radius 3 is 1.83 bits per heavy atom. The van der Waals surface area contributed by atoms with E-state index in [1.807, 2.05) is 36.8 Å². The molecule has 7 fully saturated rings. The number of hydrogen-bond donors (Lipinski definition) is 1. The first-order chi connectivity index (χ1) is 24.4. The van der Waals surface area contributed by atoms with Crippen LogP contribution in [0.15, 0.2) is 48.4 Å². The Hall–Kier alpha value is -1.18. The van der Waals surface area contributed by atoms with Crippen molar-refractivity contribution in [3.05, 3.63) is 54.9 Å². The molecule has 0 amide bonds. The van der Waals surface area contributed by atoms with Gasteiger partial charge in [0.25, 0.3) is 40.5 Å². The molecule has 2 heterocycles. The van der Waals surface area contributed by atoms with Crippen LogP contribution in [0.25, 0.3) is 0 Å². The summed E-state index contributed by atoms with van der Waals surface area (Å²) in [5.41, 5.74) is 0. The predicted octanol–water partition coefficient (Wildman–Crippen LogP) is 3.10. The van der Waals surface area contributed by atoms with E-state index in [4.69, 9.17) is 10.3 Å². The molecule has 2 aliphatic heterocycles. The molecule has 298 valence electrons. The van der Waals surface area contributed by atoms with Crippen molar-refractivity contribution in [3.8, 4) is 0 Å². The van der Waals surface area contributed by atoms with Crippen molar-refractivity contribution in [1.29, 1.82) is 0 Å². The van der Waals surface area contributed by atoms with Crippen molar-refractivity contribution in [2.45, 2.75) is 86.1 Å². The van der Waals surface area contributed by atoms with Gasteiger partial charge in [-0.15, -0.1) is 9.24 Å². The first-order valence-electron chi connectivity index (χ1n) is 17.2. The molecule has 9 aliphatic rings. The molecule has 0 aromatic heterocycles. The lowest BCUT2D eigenvalue weighted by atomic mass is 9.95. The Morgan fingerprint density at radius 1 is 0.846 bits per heavy atom. The lowest BCUT2D eigenvalue weighted by Gasteiger charge is -2.18. The van der Waals surface area contributed by atoms with E-state index in [2.05, 4.69) is 34.4 Å². The van der Waals surface area contributed by atoms with Crippen LogP contribution in [0.3, 0.4) is 0 Å². The lowest BCUT2D eigenvalue weighted by Crippen LogP contribution is -2.33. The van der Waals surface area contributed by atoms with Crippen LogP contribution in [0.5, 0.6) is 0 Å². The number of fused-ring (bicyclic) bond motifs is 8. The average Bonchev–Trinajstić information content (AvgIpc) is 3.91. The molecule has 0 aromatic rings. The standard InChI is InChI=1S/C8H12O4S.C8H12O3S.C7H10O4S.C5H5.C3H6O3S.CH5P.CH4/c1-11-13(9,10)6-3-4-2-5(6)8-7(4)12-8;1-11-12(9,10)8-5-6-2-3-7(8)4-6;8-6-3-1-4-5(2-3)12(9,10)11-7(4)6;1-2-4-5-3-1;1-3-7(4,5)6-2;1-2;/h4-8H,2-3H2,1H3;2-3,6-8H,4-5H2,1H3;3-8H,1-2H2;1-5H;3H,1H2,2H3;2H2,1H3;1H4/q;;;+1;;;/i;;;;;1D;. The second-order valence-corrected chi connectivity index (χ2v) is 20.7. The highest BCUT2D eigenvalue weighted by molar-refractivity contribution is 7.89. The van der Waals surface area contributed by atoms with Gasteiger partial charge in [0, 0.05) is 19.6 Å². The van der Waals surface area contributed by atoms with Crippen molar-refractivity contribution >= 4 is 49.7 Å². The zero-order valence-corrected chi connectivity index (χ0v) is 33.2. The number of aliphatic hydroxyl groups excluding tert-OH is 1. The number of aliphatic hydroxyl groups is 1. The summed E-state index contributed by atoms with van der Waals surface area (Å²) in [6, 6.07) is 0. The normalized spacial score (nSPS) is 39.2. The van der Waals surface area contributed by atoms with Crippen LogP contribution in [0.4, 0.5) is 0 Å². The van der Waals surface area contributed by atoms with Gasteiger partial charge in [-0.3, -0.25) is 16.7 Å². The van der Waals surface area contributed by atoms with Gasteiger partial charge in [0.05, 0.1) is 85.1 Å². The summed E-state index contributed by atoms with van der Waals surface area (Å²) in [5.74, 6) is 1.62. The minimum absolute atomic E-state index is 0. The largest absolute Gasteiger partial charge is 0.390 e. The molecule has 2 saturated heterocycles. The van der Waals surface area contributed by atoms with Crippen LogP contribution in [0, 0.1) is 41.9 Å². The van der Waals surface area contributed by atoms with E-state index in [0.29, 0.717) is 31.0 Å². The molecule has 5 saturated carbocycles. The molecule has 0 spiro atoms. The summed E-state index contributed by atoms with van der Waals surface area (Å²) in [5, 5.41) is 9.40. The fourth-order valence-electron chi connectivity index (χ4n) is 8.48. The van der Waals surface area contributed by atoms with E-state index >= 15 is 0 Å². The Bertz CT molecular complexity index is 1770. The van der Waals surface area contributed by atoms with Gasteiger partial charge in [0.2, 0.25) is 0 Å². The zero-order valence-electron chi connectivity index (χ0n) is 29.7. The van der Waals surface area contributed by atoms with E-state index in [0.717, 1.165) is 44.6 Å². The third-order valence-corrected chi connectivity index (χ3v) is 17.0. The summed E-state index contributed by atoms with van der Waals surface area (Å²) < 4.78 is 118. The van der Waals surface area contributed by atoms with Gasteiger partial charge >= 0.3 is 0 Å². The minimum atomic E-state index is -3.39. The molecule has 1 N–H and O–H groups in total. The fraction of sp³-hybridized carbons (Fsp3) is 0.727. The molecule has 14 unspecified atom stereocenters. The number of hydrogen-bond acceptors (Lipinski definition) is 14. The molecule has 7 aliphatic carbocycles. The van der Waals surface area contributed by atoms with E-state index in [1.54, 1.807) is 0 Å². The number of allylic oxidation sites excluding steroid dienone is 6. The summed E-state index contributed by atoms with van der Waals surface area (Å²) in [7, 11) is -7.50. The Morgan fingerprint density at radius 2 is 1.44 bits per heavy atom. The predicted molar refractivity (Wildman–Crippen MR) is 201 cm³/mol. The quantitative estimate of drug-likeness (QED) is 0.134. The van der Waals surface area contributed by atoms with Crippen molar-refractivity contribution in [3.63, 3.8) is 0 Å². The zero-order chi connectivity index (χ0) is 38.6. The van der Waals surface area contributed by atoms with Crippen molar-refractivity contribution in [1.82, 2.24) is 0 Å². The molecule has 9 rings (SSSR count). The van der Waals surface area contributed by atoms with E-state index in [9.17, 15) is 38.8 Å². The molecule has 14 atom stereocenters. The van der Waals surface area contributed by atoms with Crippen molar-refractivity contribution in [2.24, 2.45) is 35.5 Å². The Balaban J connectivity index is 0.000000180. The van der Waals surface area contributed by atoms with Crippen molar-refractivity contribution < 1.29 is 61.6 Å². The summed E-state index contributed by atoms with van der Waals surface area (Å²) in [4.78, 5) is 0. The average molecular weight is 835 g/mol. The number of rotatable bonds is 6. The van der Waals surface area contributed by atoms with Gasteiger partial charge in [-0.25, -0.2) is 0 Å². The van der Waals surface area contributed by atoms with Gasteiger partial charge in [0.15, 0.2) is 0 Å². The topological polar surface area (TPSA) is 206 Å². The minimum Gasteiger partial charge on any atom is -0.390 e.